The molecule has 0 aromatic heterocycles. The quantitative estimate of drug-likeness (QED) is 0.585. The number of hydrogen-bond acceptors (Lipinski definition) is 6. The maximum atomic E-state index is 13.8. The number of Topliss-reactive ketones (excluding diaryl/α,β-unsaturated/α-hetero) is 1. The van der Waals surface area contributed by atoms with Crippen molar-refractivity contribution in [2.75, 3.05) is 40.8 Å². The number of ether oxygens (including phenoxy) is 1. The predicted octanol–water partition coefficient (Wildman–Crippen LogP) is 3.62. The minimum atomic E-state index is -3.86. The number of sulfonamides is 1. The van der Waals surface area contributed by atoms with Crippen molar-refractivity contribution in [2.24, 2.45) is 0 Å². The molecular formula is C27H31N3O4S. The SMILES string of the molecule is CCN(C)CCOc1cc2c(cc1S(=O)(=O)N(C)C)C(=O)C1=C(Cc3cc(C#N)ccc31)C2(C)C. The molecule has 0 N–H and O–H groups in total. The second-order valence-electron chi connectivity index (χ2n) is 9.84. The Balaban J connectivity index is 1.87. The molecule has 0 atom stereocenters. The van der Waals surface area contributed by atoms with E-state index in [9.17, 15) is 18.5 Å². The average Bonchev–Trinajstić information content (AvgIpc) is 3.22. The molecule has 0 unspecified atom stereocenters. The number of nitrogens with zero attached hydrogens (tertiary/aromatic N) is 3. The summed E-state index contributed by atoms with van der Waals surface area (Å²) in [7, 11) is 1.05. The molecule has 0 fully saturated rings. The highest BCUT2D eigenvalue weighted by Crippen LogP contribution is 2.51. The van der Waals surface area contributed by atoms with E-state index in [0.29, 0.717) is 36.3 Å². The third kappa shape index (κ3) is 4.08. The van der Waals surface area contributed by atoms with Crippen molar-refractivity contribution in [3.8, 4) is 11.8 Å². The van der Waals surface area contributed by atoms with Crippen LogP contribution in [-0.2, 0) is 21.9 Å². The number of carbonyl (C=O) groups excluding carboxylic acids is 1. The summed E-state index contributed by atoms with van der Waals surface area (Å²) >= 11 is 0. The highest BCUT2D eigenvalue weighted by atomic mass is 32.2. The van der Waals surface area contributed by atoms with Gasteiger partial charge in [0.1, 0.15) is 17.3 Å². The van der Waals surface area contributed by atoms with Crippen LogP contribution < -0.4 is 4.74 Å². The minimum absolute atomic E-state index is 0.00773. The van der Waals surface area contributed by atoms with Gasteiger partial charge in [0, 0.05) is 37.2 Å². The Kier molecular flexibility index (Phi) is 6.39. The molecule has 8 heteroatoms. The lowest BCUT2D eigenvalue weighted by Crippen LogP contribution is -2.31. The van der Waals surface area contributed by atoms with Crippen molar-refractivity contribution < 1.29 is 17.9 Å². The molecule has 0 saturated carbocycles. The molecule has 0 spiro atoms. The standard InChI is InChI=1S/C27H31N3O4S/c1-7-30(6)10-11-34-23-15-21-20(14-24(23)35(32,33)29(4)5)26(31)25-19-9-8-17(16-28)12-18(19)13-22(25)27(21,2)3/h8-9,12,14-15H,7,10-11,13H2,1-6H3. The molecule has 0 saturated heterocycles. The Morgan fingerprint density at radius 2 is 1.83 bits per heavy atom. The Hall–Kier alpha value is -2.99. The molecule has 2 aromatic rings. The van der Waals surface area contributed by atoms with E-state index in [1.165, 1.54) is 20.2 Å². The van der Waals surface area contributed by atoms with E-state index in [4.69, 9.17) is 4.74 Å². The van der Waals surface area contributed by atoms with Gasteiger partial charge in [-0.15, -0.1) is 0 Å². The van der Waals surface area contributed by atoms with Gasteiger partial charge in [0.15, 0.2) is 5.78 Å². The molecule has 0 amide bonds. The smallest absolute Gasteiger partial charge is 0.246 e. The van der Waals surface area contributed by atoms with E-state index in [0.717, 1.165) is 33.1 Å². The van der Waals surface area contributed by atoms with Gasteiger partial charge >= 0.3 is 0 Å². The van der Waals surface area contributed by atoms with Crippen LogP contribution in [0.15, 0.2) is 40.8 Å². The summed E-state index contributed by atoms with van der Waals surface area (Å²) in [6.45, 7) is 7.97. The van der Waals surface area contributed by atoms with Gasteiger partial charge in [-0.3, -0.25) is 4.79 Å². The first-order valence-corrected chi connectivity index (χ1v) is 13.1. The summed E-state index contributed by atoms with van der Waals surface area (Å²) in [6, 6.07) is 10.8. The molecule has 0 aliphatic heterocycles. The number of likely N-dealkylation sites (N-methyl/N-ethyl adjacent to an activating group) is 1. The average molecular weight is 494 g/mol. The Morgan fingerprint density at radius 3 is 2.46 bits per heavy atom. The van der Waals surface area contributed by atoms with Crippen LogP contribution in [-0.4, -0.2) is 64.2 Å². The molecule has 2 aromatic carbocycles. The highest BCUT2D eigenvalue weighted by Gasteiger charge is 2.44. The van der Waals surface area contributed by atoms with Crippen LogP contribution in [0, 0.1) is 11.3 Å². The fourth-order valence-electron chi connectivity index (χ4n) is 4.83. The summed E-state index contributed by atoms with van der Waals surface area (Å²) in [6.07, 6.45) is 0.577. The molecule has 0 bridgehead atoms. The van der Waals surface area contributed by atoms with Gasteiger partial charge in [-0.2, -0.15) is 5.26 Å². The van der Waals surface area contributed by atoms with Gasteiger partial charge in [-0.05, 0) is 66.5 Å². The summed E-state index contributed by atoms with van der Waals surface area (Å²) in [5.74, 6) is 0.0689. The second-order valence-corrected chi connectivity index (χ2v) is 12.0. The van der Waals surface area contributed by atoms with Crippen molar-refractivity contribution >= 4 is 21.4 Å². The third-order valence-electron chi connectivity index (χ3n) is 7.19. The first-order valence-electron chi connectivity index (χ1n) is 11.7. The van der Waals surface area contributed by atoms with E-state index in [1.807, 2.05) is 26.1 Å². The number of benzene rings is 2. The molecule has 0 radical (unpaired) electrons. The minimum Gasteiger partial charge on any atom is -0.491 e. The zero-order chi connectivity index (χ0) is 25.7. The van der Waals surface area contributed by atoms with Crippen LogP contribution in [0.25, 0.3) is 5.57 Å². The molecule has 4 rings (SSSR count). The summed E-state index contributed by atoms with van der Waals surface area (Å²) in [4.78, 5) is 15.9. The Labute approximate surface area is 207 Å². The summed E-state index contributed by atoms with van der Waals surface area (Å²) in [5, 5.41) is 9.32. The number of carbonyl (C=O) groups is 1. The number of hydrogen-bond donors (Lipinski definition) is 0. The largest absolute Gasteiger partial charge is 0.491 e. The van der Waals surface area contributed by atoms with Crippen molar-refractivity contribution in [2.45, 2.75) is 37.5 Å². The maximum absolute atomic E-state index is 13.8. The molecule has 35 heavy (non-hydrogen) atoms. The van der Waals surface area contributed by atoms with E-state index in [-0.39, 0.29) is 16.4 Å². The second kappa shape index (κ2) is 8.90. The fraction of sp³-hybridized carbons (Fsp3) is 0.407. The number of fused-ring (bicyclic) bond motifs is 3. The van der Waals surface area contributed by atoms with Gasteiger partial charge in [-0.25, -0.2) is 12.7 Å². The molecule has 2 aliphatic carbocycles. The van der Waals surface area contributed by atoms with Crippen LogP contribution >= 0.6 is 0 Å². The molecule has 0 heterocycles. The van der Waals surface area contributed by atoms with Crippen molar-refractivity contribution in [3.05, 3.63) is 63.7 Å². The normalized spacial score (nSPS) is 16.3. The van der Waals surface area contributed by atoms with Crippen LogP contribution in [0.2, 0.25) is 0 Å². The van der Waals surface area contributed by atoms with Crippen LogP contribution in [0.1, 0.15) is 53.4 Å². The van der Waals surface area contributed by atoms with Gasteiger partial charge in [0.05, 0.1) is 11.6 Å². The lowest BCUT2D eigenvalue weighted by molar-refractivity contribution is 0.105. The van der Waals surface area contributed by atoms with Crippen LogP contribution in [0.5, 0.6) is 5.75 Å². The number of rotatable bonds is 7. The molecule has 2 aliphatic rings. The first kappa shape index (κ1) is 25.1. The highest BCUT2D eigenvalue weighted by molar-refractivity contribution is 7.89. The van der Waals surface area contributed by atoms with Gasteiger partial charge < -0.3 is 9.64 Å². The lowest BCUT2D eigenvalue weighted by atomic mass is 9.68. The van der Waals surface area contributed by atoms with Gasteiger partial charge in [0.2, 0.25) is 10.0 Å². The number of allylic oxidation sites excluding steroid dienone is 2. The van der Waals surface area contributed by atoms with E-state index >= 15 is 0 Å². The van der Waals surface area contributed by atoms with Crippen LogP contribution in [0.4, 0.5) is 0 Å². The van der Waals surface area contributed by atoms with Crippen molar-refractivity contribution in [1.29, 1.82) is 5.26 Å². The summed E-state index contributed by atoms with van der Waals surface area (Å²) in [5.41, 5.74) is 4.54. The zero-order valence-electron chi connectivity index (χ0n) is 21.1. The van der Waals surface area contributed by atoms with E-state index < -0.39 is 15.4 Å². The zero-order valence-corrected chi connectivity index (χ0v) is 21.9. The van der Waals surface area contributed by atoms with Crippen molar-refractivity contribution in [3.63, 3.8) is 0 Å². The fourth-order valence-corrected chi connectivity index (χ4v) is 5.86. The monoisotopic (exact) mass is 493 g/mol. The van der Waals surface area contributed by atoms with Crippen LogP contribution in [0.3, 0.4) is 0 Å². The lowest BCUT2D eigenvalue weighted by Gasteiger charge is -2.35. The van der Waals surface area contributed by atoms with E-state index in [1.54, 1.807) is 12.1 Å². The maximum Gasteiger partial charge on any atom is 0.246 e. The predicted molar refractivity (Wildman–Crippen MR) is 135 cm³/mol. The third-order valence-corrected chi connectivity index (χ3v) is 9.02. The topological polar surface area (TPSA) is 90.7 Å². The van der Waals surface area contributed by atoms with Gasteiger partial charge in [-0.1, -0.05) is 26.8 Å². The Morgan fingerprint density at radius 1 is 1.11 bits per heavy atom. The number of ketones is 1. The Bertz CT molecular complexity index is 1400. The van der Waals surface area contributed by atoms with Gasteiger partial charge in [0.25, 0.3) is 0 Å². The first-order chi connectivity index (χ1) is 16.4. The van der Waals surface area contributed by atoms with Crippen molar-refractivity contribution in [1.82, 2.24) is 9.21 Å². The molecule has 184 valence electrons. The summed E-state index contributed by atoms with van der Waals surface area (Å²) < 4.78 is 33.6. The van der Waals surface area contributed by atoms with E-state index in [2.05, 4.69) is 24.8 Å². The molecule has 7 nitrogen and oxygen atoms in total. The number of nitriles is 1. The molecular weight excluding hydrogens is 462 g/mol.